The first-order chi connectivity index (χ1) is 14.6. The summed E-state index contributed by atoms with van der Waals surface area (Å²) in [5.41, 5.74) is 7.86. The smallest absolute Gasteiger partial charge is 0.168 e. The number of nitrogens with zero attached hydrogens (tertiary/aromatic N) is 3. The van der Waals surface area contributed by atoms with Gasteiger partial charge in [-0.1, -0.05) is 41.9 Å². The Bertz CT molecular complexity index is 771. The van der Waals surface area contributed by atoms with Gasteiger partial charge in [-0.15, -0.1) is 11.8 Å². The number of benzene rings is 1. The zero-order chi connectivity index (χ0) is 21.2. The third-order valence-corrected chi connectivity index (χ3v) is 7.37. The zero-order valence-corrected chi connectivity index (χ0v) is 18.2. The van der Waals surface area contributed by atoms with Crippen LogP contribution in [0, 0.1) is 0 Å². The van der Waals surface area contributed by atoms with Gasteiger partial charge in [0.15, 0.2) is 5.79 Å². The molecule has 0 aromatic heterocycles. The summed E-state index contributed by atoms with van der Waals surface area (Å²) in [6.45, 7) is 0.345. The number of rotatable bonds is 5. The maximum Gasteiger partial charge on any atom is 0.168 e. The molecule has 6 atom stereocenters. The fourth-order valence-corrected chi connectivity index (χ4v) is 5.95. The molecule has 1 aromatic rings. The van der Waals surface area contributed by atoms with Gasteiger partial charge in [0.1, 0.15) is 35.4 Å². The maximum atomic E-state index is 12.1. The van der Waals surface area contributed by atoms with Crippen LogP contribution < -0.4 is 0 Å². The molecule has 2 heterocycles. The van der Waals surface area contributed by atoms with Crippen molar-refractivity contribution in [2.24, 2.45) is 5.11 Å². The van der Waals surface area contributed by atoms with Crippen LogP contribution in [0.5, 0.6) is 0 Å². The summed E-state index contributed by atoms with van der Waals surface area (Å²) in [5.74, 6) is -0.700. The second kappa shape index (κ2) is 9.04. The Kier molecular flexibility index (Phi) is 6.60. The van der Waals surface area contributed by atoms with Gasteiger partial charge in [0, 0.05) is 24.9 Å². The molecular weight excluding hydrogens is 406 g/mol. The number of methoxy groups -OCH3 is 1. The van der Waals surface area contributed by atoms with Crippen molar-refractivity contribution in [3.63, 3.8) is 0 Å². The number of ether oxygens (including phenoxy) is 4. The Morgan fingerprint density at radius 3 is 2.63 bits per heavy atom. The van der Waals surface area contributed by atoms with E-state index in [1.807, 2.05) is 36.6 Å². The largest absolute Gasteiger partial charge is 0.383 e. The number of thioether (sulfide) groups is 1. The number of aliphatic hydroxyl groups is 1. The third kappa shape index (κ3) is 3.73. The third-order valence-electron chi connectivity index (χ3n) is 6.45. The lowest BCUT2D eigenvalue weighted by Crippen LogP contribution is -2.71. The van der Waals surface area contributed by atoms with E-state index in [1.54, 1.807) is 7.11 Å². The highest BCUT2D eigenvalue weighted by atomic mass is 32.2. The van der Waals surface area contributed by atoms with Crippen LogP contribution in [-0.2, 0) is 18.9 Å². The summed E-state index contributed by atoms with van der Waals surface area (Å²) in [7, 11) is 1.54. The molecule has 1 aliphatic carbocycles. The second-order valence-electron chi connectivity index (χ2n) is 8.17. The fourth-order valence-electron chi connectivity index (χ4n) is 5.05. The minimum Gasteiger partial charge on any atom is -0.383 e. The molecule has 2 aliphatic heterocycles. The van der Waals surface area contributed by atoms with Crippen LogP contribution in [0.25, 0.3) is 10.4 Å². The van der Waals surface area contributed by atoms with E-state index in [2.05, 4.69) is 10.0 Å². The van der Waals surface area contributed by atoms with Crippen molar-refractivity contribution >= 4 is 11.8 Å². The SMILES string of the molecule is COC(c1ccccc1)C1(O)[C@H](SC)OC2COC3(CCCCC3)O[C@@H]2[C@@H]1N=[N+]=[N-]. The van der Waals surface area contributed by atoms with Crippen LogP contribution in [0.2, 0.25) is 0 Å². The first kappa shape index (κ1) is 21.9. The van der Waals surface area contributed by atoms with Crippen LogP contribution in [0.3, 0.4) is 0 Å². The fraction of sp³-hybridized carbons (Fsp3) is 0.714. The lowest BCUT2D eigenvalue weighted by molar-refractivity contribution is -0.369. The van der Waals surface area contributed by atoms with E-state index in [0.717, 1.165) is 37.7 Å². The minimum atomic E-state index is -1.63. The molecule has 8 nitrogen and oxygen atoms in total. The lowest BCUT2D eigenvalue weighted by Gasteiger charge is -2.56. The second-order valence-corrected chi connectivity index (χ2v) is 9.07. The van der Waals surface area contributed by atoms with Gasteiger partial charge in [0.2, 0.25) is 0 Å². The molecule has 3 unspecified atom stereocenters. The standard InChI is InChI=1S/C21H29N3O5S/c1-26-18(14-9-5-3-6-10-14)21(25)17(23-24-22)16-15(28-19(21)30-2)13-27-20(29-16)11-7-4-8-12-20/h3,5-6,9-10,15-19,25H,4,7-8,11-13H2,1-2H3/t15?,16-,17-,18?,19-,21?/m0/s1. The van der Waals surface area contributed by atoms with Gasteiger partial charge in [0.25, 0.3) is 0 Å². The molecule has 1 N–H and O–H groups in total. The summed E-state index contributed by atoms with van der Waals surface area (Å²) in [6.07, 6.45) is 4.81. The molecule has 2 saturated heterocycles. The van der Waals surface area contributed by atoms with Crippen LogP contribution in [0.1, 0.15) is 43.8 Å². The molecule has 1 spiro atoms. The first-order valence-corrected chi connectivity index (χ1v) is 11.7. The van der Waals surface area contributed by atoms with Crippen molar-refractivity contribution in [1.82, 2.24) is 0 Å². The minimum absolute atomic E-state index is 0.345. The Balaban J connectivity index is 1.75. The van der Waals surface area contributed by atoms with E-state index >= 15 is 0 Å². The van der Waals surface area contributed by atoms with Crippen LogP contribution in [0.15, 0.2) is 35.4 Å². The van der Waals surface area contributed by atoms with E-state index in [-0.39, 0.29) is 0 Å². The molecule has 0 amide bonds. The van der Waals surface area contributed by atoms with E-state index < -0.39 is 41.2 Å². The number of azide groups is 1. The van der Waals surface area contributed by atoms with Crippen LogP contribution >= 0.6 is 11.8 Å². The zero-order valence-electron chi connectivity index (χ0n) is 17.3. The highest BCUT2D eigenvalue weighted by molar-refractivity contribution is 7.99. The van der Waals surface area contributed by atoms with Crippen molar-refractivity contribution in [3.05, 3.63) is 46.3 Å². The van der Waals surface area contributed by atoms with Crippen LogP contribution in [-0.4, -0.2) is 60.2 Å². The van der Waals surface area contributed by atoms with Gasteiger partial charge in [-0.3, -0.25) is 0 Å². The van der Waals surface area contributed by atoms with Gasteiger partial charge >= 0.3 is 0 Å². The summed E-state index contributed by atoms with van der Waals surface area (Å²) in [4.78, 5) is 3.08. The Labute approximate surface area is 180 Å². The molecule has 4 rings (SSSR count). The molecular formula is C21H29N3O5S. The first-order valence-electron chi connectivity index (χ1n) is 10.4. The average molecular weight is 436 g/mol. The monoisotopic (exact) mass is 435 g/mol. The summed E-state index contributed by atoms with van der Waals surface area (Å²) in [5, 5.41) is 16.2. The molecule has 1 aromatic carbocycles. The summed E-state index contributed by atoms with van der Waals surface area (Å²) >= 11 is 1.36. The number of fused-ring (bicyclic) bond motifs is 1. The predicted molar refractivity (Wildman–Crippen MR) is 113 cm³/mol. The maximum absolute atomic E-state index is 12.1. The van der Waals surface area contributed by atoms with Crippen molar-refractivity contribution < 1.29 is 24.1 Å². The summed E-state index contributed by atoms with van der Waals surface area (Å²) in [6, 6.07) is 8.54. The highest BCUT2D eigenvalue weighted by Crippen LogP contribution is 2.50. The van der Waals surface area contributed by atoms with Crippen molar-refractivity contribution in [1.29, 1.82) is 0 Å². The normalized spacial score (nSPS) is 36.5. The van der Waals surface area contributed by atoms with E-state index in [0.29, 0.717) is 6.61 Å². The Morgan fingerprint density at radius 2 is 2.00 bits per heavy atom. The predicted octanol–water partition coefficient (Wildman–Crippen LogP) is 3.95. The van der Waals surface area contributed by atoms with Gasteiger partial charge < -0.3 is 24.1 Å². The topological polar surface area (TPSA) is 106 Å². The molecule has 1 saturated carbocycles. The number of hydrogen-bond acceptors (Lipinski definition) is 7. The molecule has 9 heteroatoms. The molecule has 3 fully saturated rings. The van der Waals surface area contributed by atoms with Gasteiger partial charge in [-0.2, -0.15) is 0 Å². The molecule has 30 heavy (non-hydrogen) atoms. The van der Waals surface area contributed by atoms with Crippen molar-refractivity contribution in [2.45, 2.75) is 73.3 Å². The van der Waals surface area contributed by atoms with Crippen molar-refractivity contribution in [2.75, 3.05) is 20.0 Å². The molecule has 0 radical (unpaired) electrons. The molecule has 0 bridgehead atoms. The molecule has 3 aliphatic rings. The van der Waals surface area contributed by atoms with Gasteiger partial charge in [-0.05, 0) is 30.2 Å². The van der Waals surface area contributed by atoms with E-state index in [4.69, 9.17) is 18.9 Å². The van der Waals surface area contributed by atoms with E-state index in [1.165, 1.54) is 11.8 Å². The Hall–Kier alpha value is -1.32. The number of hydrogen-bond donors (Lipinski definition) is 1. The van der Waals surface area contributed by atoms with Gasteiger partial charge in [-0.25, -0.2) is 0 Å². The summed E-state index contributed by atoms with van der Waals surface area (Å²) < 4.78 is 24.7. The highest BCUT2D eigenvalue weighted by Gasteiger charge is 2.63. The lowest BCUT2D eigenvalue weighted by atomic mass is 9.78. The van der Waals surface area contributed by atoms with E-state index in [9.17, 15) is 10.6 Å². The van der Waals surface area contributed by atoms with Crippen molar-refractivity contribution in [3.8, 4) is 0 Å². The van der Waals surface area contributed by atoms with Crippen LogP contribution in [0.4, 0.5) is 0 Å². The quantitative estimate of drug-likeness (QED) is 0.426. The van der Waals surface area contributed by atoms with Gasteiger partial charge in [0.05, 0.1) is 6.61 Å². The molecule has 164 valence electrons. The Morgan fingerprint density at radius 1 is 1.27 bits per heavy atom. The average Bonchev–Trinajstić information content (AvgIpc) is 2.78.